The monoisotopic (exact) mass is 752 g/mol. The number of carbonyl (C=O) groups excluding carboxylic acids is 2. The SMILES string of the molecule is C=C(CNC(=O)/C(=C/C)c1ccccc1C(C)C)c1cc(C)ccc1CC.C=CC.C=CC(C)=O.CC.CC1CCCCO1.CCCc1ccc(CC)cc1. The van der Waals surface area contributed by atoms with Crippen molar-refractivity contribution < 1.29 is 14.3 Å². The number of hydrogen-bond donors (Lipinski definition) is 1. The maximum absolute atomic E-state index is 12.9. The summed E-state index contributed by atoms with van der Waals surface area (Å²) in [6.07, 6.45) is 13.9. The maximum atomic E-state index is 12.9. The van der Waals surface area contributed by atoms with Crippen molar-refractivity contribution in [2.45, 2.75) is 140 Å². The molecule has 0 radical (unpaired) electrons. The molecule has 55 heavy (non-hydrogen) atoms. The second-order valence-electron chi connectivity index (χ2n) is 13.6. The zero-order valence-electron chi connectivity index (χ0n) is 36.9. The Balaban J connectivity index is 0. The van der Waals surface area contributed by atoms with Crippen LogP contribution in [0.1, 0.15) is 147 Å². The van der Waals surface area contributed by atoms with Crippen molar-refractivity contribution in [2.24, 2.45) is 0 Å². The highest BCUT2D eigenvalue weighted by atomic mass is 16.5. The molecule has 1 aliphatic heterocycles. The van der Waals surface area contributed by atoms with Gasteiger partial charge in [-0.3, -0.25) is 9.59 Å². The lowest BCUT2D eigenvalue weighted by Crippen LogP contribution is -2.26. The van der Waals surface area contributed by atoms with Gasteiger partial charge in [0.15, 0.2) is 5.78 Å². The van der Waals surface area contributed by atoms with Crippen molar-refractivity contribution in [1.29, 1.82) is 0 Å². The van der Waals surface area contributed by atoms with E-state index in [1.165, 1.54) is 72.9 Å². The minimum atomic E-state index is -0.0579. The Morgan fingerprint density at radius 3 is 1.91 bits per heavy atom. The number of hydrogen-bond acceptors (Lipinski definition) is 3. The van der Waals surface area contributed by atoms with E-state index in [1.54, 1.807) is 6.08 Å². The van der Waals surface area contributed by atoms with Crippen LogP contribution in [0.2, 0.25) is 0 Å². The van der Waals surface area contributed by atoms with Crippen LogP contribution in [0.25, 0.3) is 11.1 Å². The van der Waals surface area contributed by atoms with Crippen molar-refractivity contribution in [1.82, 2.24) is 5.32 Å². The first-order chi connectivity index (χ1) is 26.3. The first-order valence-electron chi connectivity index (χ1n) is 20.5. The van der Waals surface area contributed by atoms with Crippen LogP contribution >= 0.6 is 0 Å². The third-order valence-electron chi connectivity index (χ3n) is 8.56. The van der Waals surface area contributed by atoms with Crippen LogP contribution in [0, 0.1) is 6.92 Å². The average molecular weight is 752 g/mol. The van der Waals surface area contributed by atoms with E-state index in [9.17, 15) is 9.59 Å². The predicted octanol–water partition coefficient (Wildman–Crippen LogP) is 13.7. The average Bonchev–Trinajstić information content (AvgIpc) is 3.20. The van der Waals surface area contributed by atoms with Crippen molar-refractivity contribution in [3.63, 3.8) is 0 Å². The molecular formula is C51H77NO3. The lowest BCUT2D eigenvalue weighted by atomic mass is 9.92. The Morgan fingerprint density at radius 1 is 0.891 bits per heavy atom. The molecule has 3 aromatic carbocycles. The number of nitrogens with one attached hydrogen (secondary N) is 1. The molecule has 1 saturated heterocycles. The molecule has 0 saturated carbocycles. The molecule has 4 nitrogen and oxygen atoms in total. The van der Waals surface area contributed by atoms with Crippen LogP contribution < -0.4 is 5.32 Å². The number of ether oxygens (including phenoxy) is 1. The van der Waals surface area contributed by atoms with E-state index in [1.807, 2.05) is 52.0 Å². The third-order valence-corrected chi connectivity index (χ3v) is 8.56. The summed E-state index contributed by atoms with van der Waals surface area (Å²) in [6, 6.07) is 23.5. The van der Waals surface area contributed by atoms with Crippen molar-refractivity contribution in [3.05, 3.63) is 144 Å². The minimum absolute atomic E-state index is 0.0185. The number of carbonyl (C=O) groups is 2. The molecule has 1 atom stereocenters. The molecular weight excluding hydrogens is 675 g/mol. The minimum Gasteiger partial charge on any atom is -0.379 e. The molecule has 0 aromatic heterocycles. The van der Waals surface area contributed by atoms with Gasteiger partial charge >= 0.3 is 0 Å². The lowest BCUT2D eigenvalue weighted by molar-refractivity contribution is -0.115. The van der Waals surface area contributed by atoms with Crippen molar-refractivity contribution in [2.75, 3.05) is 13.2 Å². The van der Waals surface area contributed by atoms with Gasteiger partial charge in [-0.1, -0.05) is 152 Å². The van der Waals surface area contributed by atoms with E-state index in [-0.39, 0.29) is 11.7 Å². The molecule has 3 aromatic rings. The third kappa shape index (κ3) is 23.3. The topological polar surface area (TPSA) is 55.4 Å². The highest BCUT2D eigenvalue weighted by Crippen LogP contribution is 2.26. The van der Waals surface area contributed by atoms with Gasteiger partial charge in [0.2, 0.25) is 0 Å². The highest BCUT2D eigenvalue weighted by Gasteiger charge is 2.16. The summed E-state index contributed by atoms with van der Waals surface area (Å²) in [4.78, 5) is 22.6. The van der Waals surface area contributed by atoms with Crippen LogP contribution in [0.5, 0.6) is 0 Å². The Kier molecular flexibility index (Phi) is 31.8. The van der Waals surface area contributed by atoms with Gasteiger partial charge in [0.05, 0.1) is 6.10 Å². The summed E-state index contributed by atoms with van der Waals surface area (Å²) in [5.41, 5.74) is 10.3. The van der Waals surface area contributed by atoms with Crippen LogP contribution in [0.3, 0.4) is 0 Å². The molecule has 4 rings (SSSR count). The van der Waals surface area contributed by atoms with E-state index >= 15 is 0 Å². The van der Waals surface area contributed by atoms with Gasteiger partial charge in [0, 0.05) is 18.7 Å². The molecule has 1 amide bonds. The summed E-state index contributed by atoms with van der Waals surface area (Å²) < 4.78 is 5.28. The van der Waals surface area contributed by atoms with Crippen LogP contribution in [-0.4, -0.2) is 30.9 Å². The molecule has 1 unspecified atom stereocenters. The zero-order chi connectivity index (χ0) is 42.2. The van der Waals surface area contributed by atoms with Crippen molar-refractivity contribution >= 4 is 22.8 Å². The number of aryl methyl sites for hydroxylation is 4. The first-order valence-corrected chi connectivity index (χ1v) is 20.5. The number of ketones is 1. The van der Waals surface area contributed by atoms with Gasteiger partial charge in [0.25, 0.3) is 5.91 Å². The van der Waals surface area contributed by atoms with Gasteiger partial charge < -0.3 is 10.1 Å². The maximum Gasteiger partial charge on any atom is 0.251 e. The summed E-state index contributed by atoms with van der Waals surface area (Å²) in [6.45, 7) is 36.5. The highest BCUT2D eigenvalue weighted by molar-refractivity contribution is 6.20. The number of allylic oxidation sites excluding steroid dienone is 3. The molecule has 1 N–H and O–H groups in total. The van der Waals surface area contributed by atoms with E-state index in [0.717, 1.165) is 36.1 Å². The second kappa shape index (κ2) is 33.1. The van der Waals surface area contributed by atoms with Crippen LogP contribution in [0.4, 0.5) is 0 Å². The number of rotatable bonds is 11. The summed E-state index contributed by atoms with van der Waals surface area (Å²) in [5.74, 6) is 0.320. The van der Waals surface area contributed by atoms with Gasteiger partial charge in [-0.25, -0.2) is 0 Å². The van der Waals surface area contributed by atoms with Gasteiger partial charge in [-0.2, -0.15) is 0 Å². The smallest absolute Gasteiger partial charge is 0.251 e. The van der Waals surface area contributed by atoms with Gasteiger partial charge in [-0.05, 0) is 124 Å². The van der Waals surface area contributed by atoms with Gasteiger partial charge in [-0.15, -0.1) is 6.58 Å². The largest absolute Gasteiger partial charge is 0.379 e. The zero-order valence-corrected chi connectivity index (χ0v) is 36.9. The fourth-order valence-corrected chi connectivity index (χ4v) is 5.49. The molecule has 0 bridgehead atoms. The first kappa shape index (κ1) is 52.8. The molecule has 4 heteroatoms. The van der Waals surface area contributed by atoms with E-state index in [2.05, 4.69) is 122 Å². The van der Waals surface area contributed by atoms with E-state index in [0.29, 0.717) is 24.1 Å². The quantitative estimate of drug-likeness (QED) is 0.157. The number of amides is 1. The number of benzene rings is 3. The second-order valence-corrected chi connectivity index (χ2v) is 13.6. The summed E-state index contributed by atoms with van der Waals surface area (Å²) >= 11 is 0. The molecule has 0 spiro atoms. The molecule has 304 valence electrons. The molecule has 0 aliphatic carbocycles. The fourth-order valence-electron chi connectivity index (χ4n) is 5.49. The Hall–Kier alpha value is -4.28. The fraction of sp³-hybridized carbons (Fsp3) is 0.451. The Bertz CT molecular complexity index is 1540. The molecule has 1 heterocycles. The van der Waals surface area contributed by atoms with Crippen LogP contribution in [-0.2, 0) is 33.6 Å². The molecule has 1 aliphatic rings. The normalized spacial score (nSPS) is 12.8. The summed E-state index contributed by atoms with van der Waals surface area (Å²) in [5, 5.41) is 3.06. The van der Waals surface area contributed by atoms with Crippen molar-refractivity contribution in [3.8, 4) is 0 Å². The van der Waals surface area contributed by atoms with Crippen LogP contribution in [0.15, 0.2) is 105 Å². The molecule has 1 fully saturated rings. The predicted molar refractivity (Wildman–Crippen MR) is 244 cm³/mol. The van der Waals surface area contributed by atoms with E-state index < -0.39 is 0 Å². The summed E-state index contributed by atoms with van der Waals surface area (Å²) in [7, 11) is 0. The Labute approximate surface area is 338 Å². The van der Waals surface area contributed by atoms with Gasteiger partial charge in [0.1, 0.15) is 0 Å². The lowest BCUT2D eigenvalue weighted by Gasteiger charge is -2.17. The Morgan fingerprint density at radius 2 is 1.47 bits per heavy atom. The van der Waals surface area contributed by atoms with E-state index in [4.69, 9.17) is 4.74 Å². The standard InChI is InChI=1S/C25H31NO.C11H16.C6H12O.C4H6O.C3H6.C2H6/c1-7-20-14-13-18(5)15-24(20)19(6)16-26-25(27)21(8-2)23-12-10-9-11-22(23)17(3)4;1-3-5-11-8-6-10(4-2)7-9-11;1-6-4-2-3-5-7-6;1-3-4(2)5;1-3-2;1-2/h8-15,17H,6-7,16H2,1-5H3,(H,26,27);6-9H,3-5H2,1-2H3;6H,2-5H2,1H3;3H,1H2,2H3;3H,1H2,2H3;1-2H3/b21-8+;;;;;.